The lowest BCUT2D eigenvalue weighted by molar-refractivity contribution is -0.130. The van der Waals surface area contributed by atoms with Gasteiger partial charge in [0.25, 0.3) is 5.91 Å². The number of rotatable bonds is 9. The van der Waals surface area contributed by atoms with Gasteiger partial charge >= 0.3 is 0 Å². The first kappa shape index (κ1) is 21.0. The van der Waals surface area contributed by atoms with Gasteiger partial charge in [0, 0.05) is 19.1 Å². The third-order valence-electron chi connectivity index (χ3n) is 3.83. The highest BCUT2D eigenvalue weighted by molar-refractivity contribution is 7.89. The van der Waals surface area contributed by atoms with E-state index in [1.54, 1.807) is 0 Å². The van der Waals surface area contributed by atoms with Crippen molar-refractivity contribution in [3.8, 4) is 0 Å². The summed E-state index contributed by atoms with van der Waals surface area (Å²) in [5.41, 5.74) is 6.75. The molecule has 7 nitrogen and oxygen atoms in total. The zero-order valence-corrected chi connectivity index (χ0v) is 15.3. The van der Waals surface area contributed by atoms with Gasteiger partial charge < -0.3 is 16.2 Å². The molecule has 0 aliphatic rings. The number of sulfonamides is 1. The minimum absolute atomic E-state index is 0.0334. The maximum Gasteiger partial charge on any atom is 0.250 e. The minimum Gasteiger partial charge on any atom is -0.382 e. The standard InChI is InChI=1S/C18H22FN3O4S/c19-14-6-8-15(9-7-14)27(25,26)22-11-10-21-18(24)17(23)16(20)12-13-4-2-1-3-5-13/h1-9,16-17,22-23H,10-12,20H2,(H,21,24). The van der Waals surface area contributed by atoms with E-state index in [9.17, 15) is 22.7 Å². The third-order valence-corrected chi connectivity index (χ3v) is 5.31. The molecule has 9 heteroatoms. The van der Waals surface area contributed by atoms with Gasteiger partial charge in [-0.2, -0.15) is 0 Å². The normalized spacial score (nSPS) is 13.7. The minimum atomic E-state index is -3.81. The van der Waals surface area contributed by atoms with Crippen molar-refractivity contribution in [3.63, 3.8) is 0 Å². The van der Waals surface area contributed by atoms with Crippen molar-refractivity contribution in [1.29, 1.82) is 0 Å². The van der Waals surface area contributed by atoms with Gasteiger partial charge in [-0.1, -0.05) is 30.3 Å². The molecule has 2 aromatic carbocycles. The molecule has 0 bridgehead atoms. The number of halogens is 1. The van der Waals surface area contributed by atoms with Crippen LogP contribution in [-0.2, 0) is 21.2 Å². The zero-order chi connectivity index (χ0) is 19.9. The van der Waals surface area contributed by atoms with E-state index in [-0.39, 0.29) is 18.0 Å². The monoisotopic (exact) mass is 395 g/mol. The van der Waals surface area contributed by atoms with Crippen LogP contribution in [0.3, 0.4) is 0 Å². The molecule has 2 aromatic rings. The lowest BCUT2D eigenvalue weighted by atomic mass is 10.0. The fraction of sp³-hybridized carbons (Fsp3) is 0.278. The number of carbonyl (C=O) groups is 1. The average Bonchev–Trinajstić information content (AvgIpc) is 2.65. The molecule has 146 valence electrons. The van der Waals surface area contributed by atoms with Gasteiger partial charge in [-0.25, -0.2) is 17.5 Å². The van der Waals surface area contributed by atoms with Gasteiger partial charge in [-0.3, -0.25) is 4.79 Å². The summed E-state index contributed by atoms with van der Waals surface area (Å²) in [6.07, 6.45) is -1.09. The molecule has 2 atom stereocenters. The quantitative estimate of drug-likeness (QED) is 0.451. The Morgan fingerprint density at radius 1 is 1.07 bits per heavy atom. The Labute approximate surface area is 157 Å². The topological polar surface area (TPSA) is 122 Å². The summed E-state index contributed by atoms with van der Waals surface area (Å²) in [7, 11) is -3.81. The number of amides is 1. The van der Waals surface area contributed by atoms with Crippen molar-refractivity contribution in [2.24, 2.45) is 5.73 Å². The van der Waals surface area contributed by atoms with E-state index in [0.717, 1.165) is 29.8 Å². The van der Waals surface area contributed by atoms with Crippen LogP contribution >= 0.6 is 0 Å². The molecule has 0 aliphatic heterocycles. The van der Waals surface area contributed by atoms with E-state index >= 15 is 0 Å². The Morgan fingerprint density at radius 3 is 2.33 bits per heavy atom. The average molecular weight is 395 g/mol. The molecule has 1 amide bonds. The summed E-state index contributed by atoms with van der Waals surface area (Å²) >= 11 is 0. The number of hydrogen-bond acceptors (Lipinski definition) is 5. The summed E-state index contributed by atoms with van der Waals surface area (Å²) in [5.74, 6) is -1.22. The van der Waals surface area contributed by atoms with Gasteiger partial charge in [0.2, 0.25) is 10.0 Å². The first-order valence-corrected chi connectivity index (χ1v) is 9.78. The van der Waals surface area contributed by atoms with Gasteiger partial charge in [-0.15, -0.1) is 0 Å². The van der Waals surface area contributed by atoms with Gasteiger partial charge in [0.1, 0.15) is 11.9 Å². The van der Waals surface area contributed by atoms with E-state index in [1.165, 1.54) is 0 Å². The van der Waals surface area contributed by atoms with E-state index in [4.69, 9.17) is 5.73 Å². The highest BCUT2D eigenvalue weighted by Crippen LogP contribution is 2.09. The second kappa shape index (κ2) is 9.56. The van der Waals surface area contributed by atoms with Crippen LogP contribution in [0.1, 0.15) is 5.56 Å². The van der Waals surface area contributed by atoms with Crippen molar-refractivity contribution in [2.75, 3.05) is 13.1 Å². The summed E-state index contributed by atoms with van der Waals surface area (Å²) in [5, 5.41) is 12.4. The third kappa shape index (κ3) is 6.40. The number of benzene rings is 2. The van der Waals surface area contributed by atoms with Crippen LogP contribution in [-0.4, -0.2) is 44.7 Å². The maximum absolute atomic E-state index is 12.9. The predicted molar refractivity (Wildman–Crippen MR) is 98.7 cm³/mol. The van der Waals surface area contributed by atoms with Crippen LogP contribution in [0.2, 0.25) is 0 Å². The number of aliphatic hydroxyl groups is 1. The number of nitrogens with one attached hydrogen (secondary N) is 2. The maximum atomic E-state index is 12.9. The second-order valence-electron chi connectivity index (χ2n) is 5.94. The molecule has 0 aliphatic carbocycles. The van der Waals surface area contributed by atoms with Crippen molar-refractivity contribution in [1.82, 2.24) is 10.0 Å². The molecule has 0 aromatic heterocycles. The fourth-order valence-corrected chi connectivity index (χ4v) is 3.40. The number of nitrogens with two attached hydrogens (primary N) is 1. The first-order chi connectivity index (χ1) is 12.8. The van der Waals surface area contributed by atoms with E-state index in [2.05, 4.69) is 10.0 Å². The van der Waals surface area contributed by atoms with E-state index in [1.807, 2.05) is 30.3 Å². The summed E-state index contributed by atoms with van der Waals surface area (Å²) in [6.45, 7) is -0.125. The Hall–Kier alpha value is -2.33. The summed E-state index contributed by atoms with van der Waals surface area (Å²) < 4.78 is 39.2. The molecular weight excluding hydrogens is 373 g/mol. The molecule has 27 heavy (non-hydrogen) atoms. The lowest BCUT2D eigenvalue weighted by Crippen LogP contribution is -2.48. The highest BCUT2D eigenvalue weighted by atomic mass is 32.2. The molecule has 2 unspecified atom stereocenters. The molecule has 2 rings (SSSR count). The Bertz CT molecular complexity index is 845. The van der Waals surface area contributed by atoms with Crippen LogP contribution in [0.5, 0.6) is 0 Å². The van der Waals surface area contributed by atoms with Gasteiger partial charge in [0.05, 0.1) is 4.90 Å². The van der Waals surface area contributed by atoms with Crippen molar-refractivity contribution in [3.05, 3.63) is 66.0 Å². The Morgan fingerprint density at radius 2 is 1.70 bits per heavy atom. The van der Waals surface area contributed by atoms with Crippen LogP contribution in [0.4, 0.5) is 4.39 Å². The molecule has 0 spiro atoms. The first-order valence-electron chi connectivity index (χ1n) is 8.30. The number of aliphatic hydroxyl groups excluding tert-OH is 1. The van der Waals surface area contributed by atoms with Crippen LogP contribution in [0.25, 0.3) is 0 Å². The van der Waals surface area contributed by atoms with E-state index in [0.29, 0.717) is 6.42 Å². The Kier molecular flexibility index (Phi) is 7.43. The van der Waals surface area contributed by atoms with Gasteiger partial charge in [0.15, 0.2) is 0 Å². The zero-order valence-electron chi connectivity index (χ0n) is 14.5. The van der Waals surface area contributed by atoms with Gasteiger partial charge in [-0.05, 0) is 36.2 Å². The van der Waals surface area contributed by atoms with Crippen LogP contribution in [0, 0.1) is 5.82 Å². The molecular formula is C18H22FN3O4S. The fourth-order valence-electron chi connectivity index (χ4n) is 2.37. The van der Waals surface area contributed by atoms with Crippen LogP contribution < -0.4 is 15.8 Å². The molecule has 5 N–H and O–H groups in total. The number of hydrogen-bond donors (Lipinski definition) is 4. The Balaban J connectivity index is 1.77. The molecule has 0 saturated carbocycles. The smallest absolute Gasteiger partial charge is 0.250 e. The highest BCUT2D eigenvalue weighted by Gasteiger charge is 2.23. The van der Waals surface area contributed by atoms with Crippen molar-refractivity contribution >= 4 is 15.9 Å². The van der Waals surface area contributed by atoms with Crippen molar-refractivity contribution in [2.45, 2.75) is 23.5 Å². The molecule has 0 fully saturated rings. The molecule has 0 radical (unpaired) electrons. The largest absolute Gasteiger partial charge is 0.382 e. The van der Waals surface area contributed by atoms with Crippen LogP contribution in [0.15, 0.2) is 59.5 Å². The lowest BCUT2D eigenvalue weighted by Gasteiger charge is -2.18. The van der Waals surface area contributed by atoms with E-state index < -0.39 is 33.9 Å². The SMILES string of the molecule is NC(Cc1ccccc1)C(O)C(=O)NCCNS(=O)(=O)c1ccc(F)cc1. The predicted octanol–water partition coefficient (Wildman–Crippen LogP) is 0.151. The molecule has 0 saturated heterocycles. The number of carbonyl (C=O) groups excluding carboxylic acids is 1. The summed E-state index contributed by atoms with van der Waals surface area (Å²) in [6, 6.07) is 12.8. The second-order valence-corrected chi connectivity index (χ2v) is 7.71. The molecule has 0 heterocycles. The van der Waals surface area contributed by atoms with Crippen molar-refractivity contribution < 1.29 is 22.7 Å². The summed E-state index contributed by atoms with van der Waals surface area (Å²) in [4.78, 5) is 11.9.